The van der Waals surface area contributed by atoms with Gasteiger partial charge in [-0.1, -0.05) is 0 Å². The lowest BCUT2D eigenvalue weighted by molar-refractivity contribution is -0.151. The number of carbonyl (C=O) groups excluding carboxylic acids is 1. The van der Waals surface area contributed by atoms with Gasteiger partial charge in [-0.25, -0.2) is 4.79 Å². The highest BCUT2D eigenvalue weighted by atomic mass is 79.9. The number of benzene rings is 1. The Morgan fingerprint density at radius 1 is 1.37 bits per heavy atom. The maximum Gasteiger partial charge on any atom is 0.420 e. The van der Waals surface area contributed by atoms with E-state index in [-0.39, 0.29) is 10.0 Å². The zero-order valence-electron chi connectivity index (χ0n) is 9.92. The largest absolute Gasteiger partial charge is 0.495 e. The molecule has 106 valence electrons. The molecule has 0 fully saturated rings. The van der Waals surface area contributed by atoms with Gasteiger partial charge >= 0.3 is 12.1 Å². The maximum atomic E-state index is 12.8. The fraction of sp³-hybridized carbons (Fsp3) is 0.364. The van der Waals surface area contributed by atoms with Crippen LogP contribution in [0.1, 0.15) is 17.2 Å². The first kappa shape index (κ1) is 15.8. The number of aliphatic hydroxyl groups excluding tert-OH is 1. The summed E-state index contributed by atoms with van der Waals surface area (Å²) in [6.07, 6.45) is -6.48. The summed E-state index contributed by atoms with van der Waals surface area (Å²) < 4.78 is 47.4. The lowest BCUT2D eigenvalue weighted by Crippen LogP contribution is -2.16. The highest BCUT2D eigenvalue weighted by Gasteiger charge is 2.36. The minimum absolute atomic E-state index is 0.0252. The number of ether oxygens (including phenoxy) is 2. The van der Waals surface area contributed by atoms with Crippen LogP contribution in [0.25, 0.3) is 0 Å². The van der Waals surface area contributed by atoms with Crippen LogP contribution in [-0.4, -0.2) is 25.3 Å². The van der Waals surface area contributed by atoms with E-state index >= 15 is 0 Å². The summed E-state index contributed by atoms with van der Waals surface area (Å²) in [5, 5.41) is 9.56. The van der Waals surface area contributed by atoms with Gasteiger partial charge < -0.3 is 14.6 Å². The van der Waals surface area contributed by atoms with Crippen molar-refractivity contribution in [1.82, 2.24) is 0 Å². The molecule has 0 aliphatic carbocycles. The van der Waals surface area contributed by atoms with Crippen molar-refractivity contribution in [3.05, 3.63) is 27.7 Å². The number of alkyl halides is 3. The van der Waals surface area contributed by atoms with Gasteiger partial charge in [-0.15, -0.1) is 0 Å². The number of carbonyl (C=O) groups is 1. The molecule has 0 bridgehead atoms. The third-order valence-corrected chi connectivity index (χ3v) is 2.90. The molecule has 0 spiro atoms. The fourth-order valence-corrected chi connectivity index (χ4v) is 2.08. The number of methoxy groups -OCH3 is 2. The van der Waals surface area contributed by atoms with Gasteiger partial charge in [0.25, 0.3) is 0 Å². The standard InChI is InChI=1S/C11H10BrF3O4/c1-18-9-6(11(13,14)15)3-5(4-7(9)12)8(16)10(17)19-2/h3-4,8,16H,1-2H3. The second-order valence-electron chi connectivity index (χ2n) is 3.51. The average Bonchev–Trinajstić information content (AvgIpc) is 2.34. The van der Waals surface area contributed by atoms with Gasteiger partial charge in [-0.3, -0.25) is 0 Å². The Kier molecular flexibility index (Phi) is 4.81. The van der Waals surface area contributed by atoms with E-state index in [1.54, 1.807) is 0 Å². The van der Waals surface area contributed by atoms with Gasteiger partial charge in [0.2, 0.25) is 0 Å². The van der Waals surface area contributed by atoms with E-state index in [2.05, 4.69) is 25.4 Å². The molecule has 0 saturated heterocycles. The van der Waals surface area contributed by atoms with Crippen molar-refractivity contribution in [2.75, 3.05) is 14.2 Å². The highest BCUT2D eigenvalue weighted by molar-refractivity contribution is 9.10. The van der Waals surface area contributed by atoms with E-state index in [1.165, 1.54) is 0 Å². The van der Waals surface area contributed by atoms with Gasteiger partial charge in [-0.05, 0) is 33.6 Å². The van der Waals surface area contributed by atoms with Crippen molar-refractivity contribution < 1.29 is 32.5 Å². The summed E-state index contributed by atoms with van der Waals surface area (Å²) in [5.74, 6) is -1.47. The van der Waals surface area contributed by atoms with Gasteiger partial charge in [0.15, 0.2) is 6.10 Å². The van der Waals surface area contributed by atoms with Gasteiger partial charge in [0.1, 0.15) is 5.75 Å². The minimum atomic E-state index is -4.68. The van der Waals surface area contributed by atoms with Crippen molar-refractivity contribution in [2.24, 2.45) is 0 Å². The van der Waals surface area contributed by atoms with Crippen molar-refractivity contribution in [3.8, 4) is 5.75 Å². The number of aliphatic hydroxyl groups is 1. The molecule has 0 amide bonds. The monoisotopic (exact) mass is 342 g/mol. The van der Waals surface area contributed by atoms with Crippen LogP contribution < -0.4 is 4.74 Å². The van der Waals surface area contributed by atoms with E-state index < -0.39 is 29.6 Å². The van der Waals surface area contributed by atoms with Gasteiger partial charge in [0, 0.05) is 0 Å². The van der Waals surface area contributed by atoms with Crippen molar-refractivity contribution >= 4 is 21.9 Å². The second kappa shape index (κ2) is 5.79. The maximum absolute atomic E-state index is 12.8. The van der Waals surface area contributed by atoms with E-state index in [0.717, 1.165) is 20.3 Å². The molecule has 0 heterocycles. The highest BCUT2D eigenvalue weighted by Crippen LogP contribution is 2.42. The topological polar surface area (TPSA) is 55.8 Å². The molecular weight excluding hydrogens is 333 g/mol. The molecule has 1 aromatic carbocycles. The molecule has 1 atom stereocenters. The molecule has 0 radical (unpaired) electrons. The van der Waals surface area contributed by atoms with Crippen LogP contribution in [0.15, 0.2) is 16.6 Å². The van der Waals surface area contributed by atoms with Crippen LogP contribution in [0.4, 0.5) is 13.2 Å². The Hall–Kier alpha value is -1.28. The van der Waals surface area contributed by atoms with Crippen LogP contribution in [0.3, 0.4) is 0 Å². The average molecular weight is 343 g/mol. The summed E-state index contributed by atoms with van der Waals surface area (Å²) in [4.78, 5) is 11.1. The molecular formula is C11H10BrF3O4. The second-order valence-corrected chi connectivity index (χ2v) is 4.36. The molecule has 1 unspecified atom stereocenters. The van der Waals surface area contributed by atoms with Crippen molar-refractivity contribution in [1.29, 1.82) is 0 Å². The zero-order chi connectivity index (χ0) is 14.8. The smallest absolute Gasteiger partial charge is 0.420 e. The molecule has 0 saturated carbocycles. The van der Waals surface area contributed by atoms with Crippen LogP contribution in [0, 0.1) is 0 Å². The number of hydrogen-bond donors (Lipinski definition) is 1. The fourth-order valence-electron chi connectivity index (χ4n) is 1.44. The SMILES string of the molecule is COC(=O)C(O)c1cc(Br)c(OC)c(C(F)(F)F)c1. The van der Waals surface area contributed by atoms with Crippen LogP contribution in [0.2, 0.25) is 0 Å². The molecule has 8 heteroatoms. The molecule has 0 aliphatic heterocycles. The van der Waals surface area contributed by atoms with E-state index in [4.69, 9.17) is 0 Å². The molecule has 19 heavy (non-hydrogen) atoms. The summed E-state index contributed by atoms with van der Waals surface area (Å²) in [6, 6.07) is 1.81. The lowest BCUT2D eigenvalue weighted by atomic mass is 10.0. The van der Waals surface area contributed by atoms with Crippen molar-refractivity contribution in [2.45, 2.75) is 12.3 Å². The predicted octanol–water partition coefficient (Wildman–Crippen LogP) is 2.68. The number of rotatable bonds is 3. The van der Waals surface area contributed by atoms with Crippen LogP contribution in [-0.2, 0) is 15.7 Å². The Balaban J connectivity index is 3.39. The summed E-state index contributed by atoms with van der Waals surface area (Å²) in [5.41, 5.74) is -1.34. The molecule has 1 rings (SSSR count). The Morgan fingerprint density at radius 2 is 1.95 bits per heavy atom. The van der Waals surface area contributed by atoms with Crippen LogP contribution in [0.5, 0.6) is 5.75 Å². The number of hydrogen-bond acceptors (Lipinski definition) is 4. The molecule has 0 aliphatic rings. The van der Waals surface area contributed by atoms with E-state index in [9.17, 15) is 23.1 Å². The first-order valence-corrected chi connectivity index (χ1v) is 5.72. The van der Waals surface area contributed by atoms with E-state index in [1.807, 2.05) is 0 Å². The Labute approximate surface area is 115 Å². The predicted molar refractivity (Wildman–Crippen MR) is 62.7 cm³/mol. The van der Waals surface area contributed by atoms with Gasteiger partial charge in [0.05, 0.1) is 24.3 Å². The summed E-state index contributed by atoms with van der Waals surface area (Å²) in [6.45, 7) is 0. The quantitative estimate of drug-likeness (QED) is 0.858. The molecule has 1 N–H and O–H groups in total. The normalized spacial score (nSPS) is 13.0. The third-order valence-electron chi connectivity index (χ3n) is 2.32. The van der Waals surface area contributed by atoms with Crippen molar-refractivity contribution in [3.63, 3.8) is 0 Å². The Morgan fingerprint density at radius 3 is 2.37 bits per heavy atom. The third kappa shape index (κ3) is 3.38. The molecule has 4 nitrogen and oxygen atoms in total. The van der Waals surface area contributed by atoms with Crippen LogP contribution >= 0.6 is 15.9 Å². The minimum Gasteiger partial charge on any atom is -0.495 e. The summed E-state index contributed by atoms with van der Waals surface area (Å²) in [7, 11) is 2.11. The first-order valence-electron chi connectivity index (χ1n) is 4.93. The van der Waals surface area contributed by atoms with E-state index in [0.29, 0.717) is 6.07 Å². The summed E-state index contributed by atoms with van der Waals surface area (Å²) >= 11 is 2.90. The molecule has 1 aromatic rings. The zero-order valence-corrected chi connectivity index (χ0v) is 11.5. The number of esters is 1. The number of halogens is 4. The van der Waals surface area contributed by atoms with Gasteiger partial charge in [-0.2, -0.15) is 13.2 Å². The first-order chi connectivity index (χ1) is 8.72. The lowest BCUT2D eigenvalue weighted by Gasteiger charge is -2.17. The Bertz CT molecular complexity index is 488. The molecule has 0 aromatic heterocycles.